The number of phenols is 1. The summed E-state index contributed by atoms with van der Waals surface area (Å²) in [6.45, 7) is 8.31. The zero-order chi connectivity index (χ0) is 43.1. The molecule has 15 nitrogen and oxygen atoms in total. The fraction of sp³-hybridized carbons (Fsp3) is 0.578. The second-order valence-corrected chi connectivity index (χ2v) is 17.0. The molecule has 7 amide bonds. The van der Waals surface area contributed by atoms with Crippen LogP contribution in [0.5, 0.6) is 5.75 Å². The average Bonchev–Trinajstić information content (AvgIpc) is 4.06. The van der Waals surface area contributed by atoms with Crippen LogP contribution in [0.2, 0.25) is 0 Å². The Morgan fingerprint density at radius 2 is 0.933 bits per heavy atom. The summed E-state index contributed by atoms with van der Waals surface area (Å²) in [4.78, 5) is 105. The third-order valence-corrected chi connectivity index (χ3v) is 13.0. The molecule has 2 aromatic carbocycles. The van der Waals surface area contributed by atoms with E-state index in [2.05, 4.69) is 21.3 Å². The second-order valence-electron chi connectivity index (χ2n) is 17.0. The van der Waals surface area contributed by atoms with Gasteiger partial charge in [0.25, 0.3) is 0 Å². The van der Waals surface area contributed by atoms with E-state index in [4.69, 9.17) is 0 Å². The van der Waals surface area contributed by atoms with Crippen LogP contribution >= 0.6 is 0 Å². The van der Waals surface area contributed by atoms with Crippen molar-refractivity contribution in [2.24, 2.45) is 11.8 Å². The minimum absolute atomic E-state index is 0.0378. The predicted octanol–water partition coefficient (Wildman–Crippen LogP) is 2.20. The molecular weight excluding hydrogens is 767 g/mol. The number of amides is 7. The Bertz CT molecular complexity index is 1890. The van der Waals surface area contributed by atoms with Crippen LogP contribution in [0.1, 0.15) is 90.2 Å². The van der Waals surface area contributed by atoms with Crippen molar-refractivity contribution in [3.05, 3.63) is 65.7 Å². The summed E-state index contributed by atoms with van der Waals surface area (Å²) in [6.07, 6.45) is 3.88. The summed E-state index contributed by atoms with van der Waals surface area (Å²) >= 11 is 0. The van der Waals surface area contributed by atoms with Crippen molar-refractivity contribution < 1.29 is 38.7 Å². The molecule has 324 valence electrons. The van der Waals surface area contributed by atoms with Crippen molar-refractivity contribution in [2.75, 3.05) is 19.6 Å². The first kappa shape index (κ1) is 44.1. The molecular formula is C45H61N7O8. The third-order valence-electron chi connectivity index (χ3n) is 13.0. The van der Waals surface area contributed by atoms with E-state index < -0.39 is 83.6 Å². The summed E-state index contributed by atoms with van der Waals surface area (Å²) in [5, 5.41) is 21.8. The molecule has 15 heteroatoms. The lowest BCUT2D eigenvalue weighted by Gasteiger charge is -2.34. The van der Waals surface area contributed by atoms with E-state index >= 15 is 0 Å². The van der Waals surface area contributed by atoms with E-state index in [1.165, 1.54) is 26.8 Å². The lowest BCUT2D eigenvalue weighted by molar-refractivity contribution is -0.145. The largest absolute Gasteiger partial charge is 0.508 e. The molecule has 4 saturated heterocycles. The topological polar surface area (TPSA) is 198 Å². The smallest absolute Gasteiger partial charge is 0.246 e. The van der Waals surface area contributed by atoms with E-state index in [1.807, 2.05) is 58.0 Å². The van der Waals surface area contributed by atoms with Gasteiger partial charge in [0.05, 0.1) is 0 Å². The highest BCUT2D eigenvalue weighted by atomic mass is 16.3. The molecule has 2 aromatic rings. The van der Waals surface area contributed by atoms with Gasteiger partial charge in [0, 0.05) is 32.5 Å². The molecule has 0 saturated carbocycles. The maximum absolute atomic E-state index is 14.7. The van der Waals surface area contributed by atoms with Crippen LogP contribution in [-0.4, -0.2) is 123 Å². The Hall–Kier alpha value is -5.47. The number of nitrogens with one attached hydrogen (secondary N) is 4. The number of rotatable bonds is 8. The first-order chi connectivity index (χ1) is 28.8. The van der Waals surface area contributed by atoms with Gasteiger partial charge in [-0.05, 0) is 73.6 Å². The number of aromatic hydroxyl groups is 1. The molecule has 4 fully saturated rings. The van der Waals surface area contributed by atoms with E-state index in [0.717, 1.165) is 5.56 Å². The number of fused-ring (bicyclic) bond motifs is 3. The number of hydrogen-bond acceptors (Lipinski definition) is 8. The molecule has 6 rings (SSSR count). The van der Waals surface area contributed by atoms with Crippen molar-refractivity contribution in [1.82, 2.24) is 36.0 Å². The van der Waals surface area contributed by atoms with Crippen molar-refractivity contribution in [2.45, 2.75) is 134 Å². The second kappa shape index (κ2) is 19.7. The van der Waals surface area contributed by atoms with E-state index in [1.54, 1.807) is 12.1 Å². The molecule has 0 bridgehead atoms. The zero-order valence-corrected chi connectivity index (χ0v) is 35.2. The molecule has 4 aliphatic rings. The molecule has 0 aromatic heterocycles. The highest BCUT2D eigenvalue weighted by Gasteiger charge is 2.45. The van der Waals surface area contributed by atoms with Crippen molar-refractivity contribution in [3.63, 3.8) is 0 Å². The number of carbonyl (C=O) groups is 7. The maximum atomic E-state index is 14.7. The molecule has 9 atom stereocenters. The SMILES string of the molecule is CCC(C)C1NC(=O)C2CCCN2C(=O)C(C(C)CC)NC(=O)C2CCCN2C(=O)C(Cc2ccc(O)cc2)NC(=O)C2CCCN2C(=O)C(Cc2ccccc2)NC1=O. The van der Waals surface area contributed by atoms with Crippen LogP contribution in [0.15, 0.2) is 54.6 Å². The first-order valence-electron chi connectivity index (χ1n) is 21.8. The minimum atomic E-state index is -1.13. The summed E-state index contributed by atoms with van der Waals surface area (Å²) in [5.41, 5.74) is 1.44. The minimum Gasteiger partial charge on any atom is -0.508 e. The highest BCUT2D eigenvalue weighted by molar-refractivity contribution is 5.99. The van der Waals surface area contributed by atoms with Crippen LogP contribution in [0.3, 0.4) is 0 Å². The number of hydrogen-bond donors (Lipinski definition) is 5. The molecule has 0 spiro atoms. The lowest BCUT2D eigenvalue weighted by atomic mass is 9.95. The zero-order valence-electron chi connectivity index (χ0n) is 35.2. The molecule has 60 heavy (non-hydrogen) atoms. The van der Waals surface area contributed by atoms with Gasteiger partial charge in [-0.3, -0.25) is 33.6 Å². The number of carbonyl (C=O) groups excluding carboxylic acids is 7. The van der Waals surface area contributed by atoms with Crippen LogP contribution in [-0.2, 0) is 46.4 Å². The van der Waals surface area contributed by atoms with Crippen molar-refractivity contribution in [1.29, 1.82) is 0 Å². The maximum Gasteiger partial charge on any atom is 0.246 e. The third kappa shape index (κ3) is 9.93. The van der Waals surface area contributed by atoms with Gasteiger partial charge in [0.15, 0.2) is 0 Å². The van der Waals surface area contributed by atoms with Crippen molar-refractivity contribution in [3.8, 4) is 5.75 Å². The Morgan fingerprint density at radius 1 is 0.533 bits per heavy atom. The summed E-state index contributed by atoms with van der Waals surface area (Å²) < 4.78 is 0. The normalized spacial score (nSPS) is 28.4. The van der Waals surface area contributed by atoms with Gasteiger partial charge in [0.2, 0.25) is 41.4 Å². The highest BCUT2D eigenvalue weighted by Crippen LogP contribution is 2.26. The van der Waals surface area contributed by atoms with Gasteiger partial charge in [-0.1, -0.05) is 83.0 Å². The van der Waals surface area contributed by atoms with Crippen LogP contribution in [0, 0.1) is 11.8 Å². The molecule has 5 N–H and O–H groups in total. The van der Waals surface area contributed by atoms with Crippen LogP contribution in [0.25, 0.3) is 0 Å². The monoisotopic (exact) mass is 827 g/mol. The molecule has 0 aliphatic carbocycles. The molecule has 4 heterocycles. The number of nitrogens with zero attached hydrogens (tertiary/aromatic N) is 3. The Morgan fingerprint density at radius 3 is 1.42 bits per heavy atom. The molecule has 4 aliphatic heterocycles. The summed E-state index contributed by atoms with van der Waals surface area (Å²) in [6, 6.07) is 8.53. The van der Waals surface area contributed by atoms with Gasteiger partial charge in [-0.2, -0.15) is 0 Å². The van der Waals surface area contributed by atoms with Crippen molar-refractivity contribution >= 4 is 41.4 Å². The van der Waals surface area contributed by atoms with Gasteiger partial charge >= 0.3 is 0 Å². The fourth-order valence-electron chi connectivity index (χ4n) is 9.02. The number of benzene rings is 2. The fourth-order valence-corrected chi connectivity index (χ4v) is 9.02. The standard InChI is InChI=1S/C45H61N7O8/c1-5-27(3)37-42(57)47-33(25-29-13-8-7-9-14-29)44(59)50-22-10-15-34(50)39(54)46-32(26-30-18-20-31(53)21-19-30)43(58)51-23-11-16-35(51)41(56)49-38(28(4)6-2)45(60)52-24-12-17-36(52)40(55)48-37/h7-9,13-14,18-21,27-28,32-38,53H,5-6,10-12,15-17,22-26H2,1-4H3,(H,46,54)(H,47,57)(H,48,55)(H,49,56). The first-order valence-corrected chi connectivity index (χ1v) is 21.8. The molecule has 9 unspecified atom stereocenters. The van der Waals surface area contributed by atoms with Gasteiger partial charge in [0.1, 0.15) is 48.0 Å². The quantitative estimate of drug-likeness (QED) is 0.267. The van der Waals surface area contributed by atoms with Gasteiger partial charge < -0.3 is 41.1 Å². The lowest BCUT2D eigenvalue weighted by Crippen LogP contribution is -2.61. The molecule has 0 radical (unpaired) electrons. The van der Waals surface area contributed by atoms with E-state index in [0.29, 0.717) is 56.9 Å². The van der Waals surface area contributed by atoms with Gasteiger partial charge in [-0.25, -0.2) is 0 Å². The van der Waals surface area contributed by atoms with Crippen LogP contribution in [0.4, 0.5) is 0 Å². The summed E-state index contributed by atoms with van der Waals surface area (Å²) in [7, 11) is 0. The van der Waals surface area contributed by atoms with Gasteiger partial charge in [-0.15, -0.1) is 0 Å². The predicted molar refractivity (Wildman–Crippen MR) is 223 cm³/mol. The Kier molecular flexibility index (Phi) is 14.5. The number of phenolic OH excluding ortho intramolecular Hbond substituents is 1. The Labute approximate surface area is 352 Å². The average molecular weight is 828 g/mol. The van der Waals surface area contributed by atoms with Crippen LogP contribution < -0.4 is 21.3 Å². The van der Waals surface area contributed by atoms with E-state index in [9.17, 15) is 38.7 Å². The summed E-state index contributed by atoms with van der Waals surface area (Å²) in [5.74, 6) is -4.06. The van der Waals surface area contributed by atoms with E-state index in [-0.39, 0.29) is 50.1 Å². The Balaban J connectivity index is 1.40.